The Morgan fingerprint density at radius 2 is 2.24 bits per heavy atom. The number of aromatic nitrogens is 1. The van der Waals surface area contributed by atoms with E-state index in [0.29, 0.717) is 5.82 Å². The Morgan fingerprint density at radius 1 is 1.53 bits per heavy atom. The number of rotatable bonds is 5. The van der Waals surface area contributed by atoms with Gasteiger partial charge in [0.15, 0.2) is 0 Å². The molecule has 0 fully saturated rings. The van der Waals surface area contributed by atoms with E-state index in [4.69, 9.17) is 16.2 Å². The highest BCUT2D eigenvalue weighted by molar-refractivity contribution is 5.95. The van der Waals surface area contributed by atoms with Crippen molar-refractivity contribution in [3.05, 3.63) is 17.8 Å². The lowest BCUT2D eigenvalue weighted by atomic mass is 10.2. The number of primary amides is 1. The summed E-state index contributed by atoms with van der Waals surface area (Å²) in [5.41, 5.74) is 11.0. The molecule has 0 aliphatic rings. The van der Waals surface area contributed by atoms with Crippen LogP contribution in [-0.4, -0.2) is 30.0 Å². The van der Waals surface area contributed by atoms with Crippen molar-refractivity contribution < 1.29 is 14.3 Å². The predicted molar refractivity (Wildman–Crippen MR) is 62.3 cm³/mol. The molecule has 1 heterocycles. The monoisotopic (exact) mass is 238 g/mol. The largest absolute Gasteiger partial charge is 0.462 e. The van der Waals surface area contributed by atoms with E-state index >= 15 is 0 Å². The lowest BCUT2D eigenvalue weighted by Crippen LogP contribution is -2.22. The number of carbonyl (C=O) groups is 2. The number of anilines is 2. The van der Waals surface area contributed by atoms with Gasteiger partial charge in [-0.05, 0) is 13.0 Å². The van der Waals surface area contributed by atoms with Crippen LogP contribution in [0.3, 0.4) is 0 Å². The molecule has 0 aromatic carbocycles. The van der Waals surface area contributed by atoms with Crippen LogP contribution in [0, 0.1) is 0 Å². The third-order valence-electron chi connectivity index (χ3n) is 1.87. The van der Waals surface area contributed by atoms with Crippen LogP contribution in [0.15, 0.2) is 12.3 Å². The zero-order chi connectivity index (χ0) is 12.8. The van der Waals surface area contributed by atoms with Crippen molar-refractivity contribution in [3.8, 4) is 0 Å². The maximum atomic E-state index is 11.5. The number of hydrogen-bond donors (Lipinski definition) is 3. The molecule has 0 atom stereocenters. The second kappa shape index (κ2) is 5.69. The van der Waals surface area contributed by atoms with E-state index in [1.807, 2.05) is 0 Å². The molecular weight excluding hydrogens is 224 g/mol. The van der Waals surface area contributed by atoms with Gasteiger partial charge in [0, 0.05) is 0 Å². The summed E-state index contributed by atoms with van der Waals surface area (Å²) in [6, 6.07) is 1.41. The summed E-state index contributed by atoms with van der Waals surface area (Å²) >= 11 is 0. The van der Waals surface area contributed by atoms with Crippen molar-refractivity contribution in [2.24, 2.45) is 5.73 Å². The zero-order valence-corrected chi connectivity index (χ0v) is 9.40. The van der Waals surface area contributed by atoms with Crippen molar-refractivity contribution in [2.75, 3.05) is 24.2 Å². The summed E-state index contributed by atoms with van der Waals surface area (Å²) < 4.78 is 4.82. The van der Waals surface area contributed by atoms with Gasteiger partial charge in [-0.3, -0.25) is 4.79 Å². The molecule has 0 aliphatic heterocycles. The fraction of sp³-hybridized carbons (Fsp3) is 0.300. The maximum Gasteiger partial charge on any atom is 0.340 e. The predicted octanol–water partition coefficient (Wildman–Crippen LogP) is -0.262. The van der Waals surface area contributed by atoms with Gasteiger partial charge in [-0.2, -0.15) is 0 Å². The lowest BCUT2D eigenvalue weighted by molar-refractivity contribution is -0.116. The highest BCUT2D eigenvalue weighted by atomic mass is 16.5. The number of amides is 1. The molecule has 7 nitrogen and oxygen atoms in total. The zero-order valence-electron chi connectivity index (χ0n) is 9.40. The first-order valence-electron chi connectivity index (χ1n) is 4.99. The Kier molecular flexibility index (Phi) is 4.27. The number of nitrogens with two attached hydrogens (primary N) is 2. The third-order valence-corrected chi connectivity index (χ3v) is 1.87. The van der Waals surface area contributed by atoms with Crippen molar-refractivity contribution in [1.82, 2.24) is 4.98 Å². The molecule has 0 aliphatic carbocycles. The quantitative estimate of drug-likeness (QED) is 0.608. The summed E-state index contributed by atoms with van der Waals surface area (Å²) in [6.07, 6.45) is 1.32. The topological polar surface area (TPSA) is 120 Å². The second-order valence-corrected chi connectivity index (χ2v) is 3.20. The summed E-state index contributed by atoms with van der Waals surface area (Å²) in [5.74, 6) is -0.725. The Bertz CT molecular complexity index is 434. The van der Waals surface area contributed by atoms with Gasteiger partial charge in [0.1, 0.15) is 5.82 Å². The number of carbonyl (C=O) groups excluding carboxylic acids is 2. The Morgan fingerprint density at radius 3 is 2.82 bits per heavy atom. The van der Waals surface area contributed by atoms with E-state index < -0.39 is 11.9 Å². The molecule has 0 bridgehead atoms. The average molecular weight is 238 g/mol. The number of hydrogen-bond acceptors (Lipinski definition) is 6. The minimum atomic E-state index is -0.533. The van der Waals surface area contributed by atoms with Crippen LogP contribution in [0.1, 0.15) is 17.3 Å². The molecule has 92 valence electrons. The fourth-order valence-corrected chi connectivity index (χ4v) is 1.13. The summed E-state index contributed by atoms with van der Waals surface area (Å²) in [6.45, 7) is 1.88. The summed E-state index contributed by atoms with van der Waals surface area (Å²) in [5, 5.41) is 2.66. The van der Waals surface area contributed by atoms with E-state index in [2.05, 4.69) is 10.3 Å². The van der Waals surface area contributed by atoms with Crippen molar-refractivity contribution in [1.29, 1.82) is 0 Å². The lowest BCUT2D eigenvalue weighted by Gasteiger charge is -2.08. The molecule has 1 aromatic heterocycles. The Balaban J connectivity index is 2.86. The van der Waals surface area contributed by atoms with E-state index in [1.165, 1.54) is 12.3 Å². The molecule has 5 N–H and O–H groups in total. The van der Waals surface area contributed by atoms with E-state index in [-0.39, 0.29) is 24.4 Å². The van der Waals surface area contributed by atoms with Gasteiger partial charge in [0.2, 0.25) is 5.91 Å². The first-order valence-corrected chi connectivity index (χ1v) is 4.99. The van der Waals surface area contributed by atoms with Gasteiger partial charge in [0.05, 0.1) is 30.6 Å². The SMILES string of the molecule is CCOC(=O)c1cc(NCC(N)=O)ncc1N. The van der Waals surface area contributed by atoms with Crippen LogP contribution >= 0.6 is 0 Å². The fourth-order valence-electron chi connectivity index (χ4n) is 1.13. The minimum absolute atomic E-state index is 0.0703. The minimum Gasteiger partial charge on any atom is -0.462 e. The number of nitrogen functional groups attached to an aromatic ring is 1. The highest BCUT2D eigenvalue weighted by Gasteiger charge is 2.12. The Labute approximate surface area is 98.1 Å². The maximum absolute atomic E-state index is 11.5. The van der Waals surface area contributed by atoms with Crippen LogP contribution in [-0.2, 0) is 9.53 Å². The molecule has 1 amide bonds. The smallest absolute Gasteiger partial charge is 0.340 e. The molecule has 0 saturated heterocycles. The first-order chi connectivity index (χ1) is 8.04. The van der Waals surface area contributed by atoms with Crippen LogP contribution in [0.25, 0.3) is 0 Å². The molecule has 0 saturated carbocycles. The second-order valence-electron chi connectivity index (χ2n) is 3.20. The standard InChI is InChI=1S/C10H14N4O3/c1-2-17-10(16)6-3-9(13-4-7(6)11)14-5-8(12)15/h3-4H,2,5,11H2,1H3,(H2,12,15)(H,13,14). The van der Waals surface area contributed by atoms with Crippen LogP contribution in [0.4, 0.5) is 11.5 Å². The molecule has 1 rings (SSSR count). The number of ether oxygens (including phenoxy) is 1. The van der Waals surface area contributed by atoms with Gasteiger partial charge in [0.25, 0.3) is 0 Å². The number of nitrogens with one attached hydrogen (secondary N) is 1. The van der Waals surface area contributed by atoms with Gasteiger partial charge in [-0.1, -0.05) is 0 Å². The van der Waals surface area contributed by atoms with Gasteiger partial charge < -0.3 is 21.5 Å². The molecule has 0 radical (unpaired) electrons. The van der Waals surface area contributed by atoms with Gasteiger partial charge >= 0.3 is 5.97 Å². The Hall–Kier alpha value is -2.31. The molecular formula is C10H14N4O3. The normalized spacial score (nSPS) is 9.71. The van der Waals surface area contributed by atoms with E-state index in [0.717, 1.165) is 0 Å². The summed E-state index contributed by atoms with van der Waals surface area (Å²) in [7, 11) is 0. The first kappa shape index (κ1) is 12.8. The van der Waals surface area contributed by atoms with E-state index in [9.17, 15) is 9.59 Å². The van der Waals surface area contributed by atoms with Gasteiger partial charge in [-0.25, -0.2) is 9.78 Å². The molecule has 1 aromatic rings. The molecule has 7 heteroatoms. The highest BCUT2D eigenvalue weighted by Crippen LogP contribution is 2.15. The van der Waals surface area contributed by atoms with Crippen LogP contribution in [0.2, 0.25) is 0 Å². The third kappa shape index (κ3) is 3.63. The van der Waals surface area contributed by atoms with Crippen molar-refractivity contribution >= 4 is 23.4 Å². The summed E-state index contributed by atoms with van der Waals surface area (Å²) in [4.78, 5) is 26.0. The average Bonchev–Trinajstić information content (AvgIpc) is 2.28. The number of esters is 1. The number of nitrogens with zero attached hydrogens (tertiary/aromatic N) is 1. The van der Waals surface area contributed by atoms with Crippen LogP contribution in [0.5, 0.6) is 0 Å². The van der Waals surface area contributed by atoms with Gasteiger partial charge in [-0.15, -0.1) is 0 Å². The van der Waals surface area contributed by atoms with E-state index in [1.54, 1.807) is 6.92 Å². The van der Waals surface area contributed by atoms with Crippen molar-refractivity contribution in [2.45, 2.75) is 6.92 Å². The molecule has 17 heavy (non-hydrogen) atoms. The van der Waals surface area contributed by atoms with Crippen LogP contribution < -0.4 is 16.8 Å². The molecule has 0 spiro atoms. The van der Waals surface area contributed by atoms with Crippen molar-refractivity contribution in [3.63, 3.8) is 0 Å². The number of pyridine rings is 1. The molecule has 0 unspecified atom stereocenters.